The van der Waals surface area contributed by atoms with Gasteiger partial charge in [0.2, 0.25) is 0 Å². The Hall–Kier alpha value is -1.81. The van der Waals surface area contributed by atoms with Crippen LogP contribution in [0.1, 0.15) is 49.7 Å². The smallest absolute Gasteiger partial charge is 0.132 e. The molecule has 4 nitrogen and oxygen atoms in total. The first-order chi connectivity index (χ1) is 9.47. The number of nitrogens with zero attached hydrogens (tertiary/aromatic N) is 2. The van der Waals surface area contributed by atoms with Crippen LogP contribution in [0.15, 0.2) is 30.5 Å². The van der Waals surface area contributed by atoms with Gasteiger partial charge >= 0.3 is 0 Å². The molecule has 2 rings (SSSR count). The number of aliphatic hydroxyl groups excluding tert-OH is 1. The van der Waals surface area contributed by atoms with Gasteiger partial charge in [0.25, 0.3) is 0 Å². The summed E-state index contributed by atoms with van der Waals surface area (Å²) in [6, 6.07) is 8.13. The van der Waals surface area contributed by atoms with Crippen molar-refractivity contribution in [2.75, 3.05) is 0 Å². The summed E-state index contributed by atoms with van der Waals surface area (Å²) < 4.78 is 7.70. The molecule has 0 aliphatic carbocycles. The Bertz CT molecular complexity index is 574. The van der Waals surface area contributed by atoms with Crippen LogP contribution in [0.25, 0.3) is 0 Å². The molecule has 1 heterocycles. The van der Waals surface area contributed by atoms with E-state index in [1.165, 1.54) is 0 Å². The third kappa shape index (κ3) is 3.39. The predicted molar refractivity (Wildman–Crippen MR) is 78.8 cm³/mol. The molecule has 0 fully saturated rings. The van der Waals surface area contributed by atoms with E-state index in [4.69, 9.17) is 4.74 Å². The van der Waals surface area contributed by atoms with Gasteiger partial charge < -0.3 is 9.84 Å². The zero-order valence-electron chi connectivity index (χ0n) is 12.5. The van der Waals surface area contributed by atoms with Crippen molar-refractivity contribution in [3.63, 3.8) is 0 Å². The normalized spacial score (nSPS) is 12.7. The van der Waals surface area contributed by atoms with E-state index in [0.29, 0.717) is 18.4 Å². The van der Waals surface area contributed by atoms with Crippen LogP contribution in [0.4, 0.5) is 0 Å². The number of aromatic nitrogens is 2. The fourth-order valence-electron chi connectivity index (χ4n) is 2.02. The third-order valence-corrected chi connectivity index (χ3v) is 3.18. The van der Waals surface area contributed by atoms with Gasteiger partial charge in [-0.3, -0.25) is 4.68 Å². The lowest BCUT2D eigenvalue weighted by Crippen LogP contribution is -2.05. The van der Waals surface area contributed by atoms with Crippen molar-refractivity contribution in [1.29, 1.82) is 0 Å². The quantitative estimate of drug-likeness (QED) is 0.909. The molecular formula is C16H22N2O2. The Morgan fingerprint density at radius 1 is 1.25 bits per heavy atom. The molecule has 0 bridgehead atoms. The molecule has 0 aliphatic heterocycles. The first-order valence-corrected chi connectivity index (χ1v) is 6.93. The summed E-state index contributed by atoms with van der Waals surface area (Å²) in [4.78, 5) is 0. The molecule has 1 aromatic heterocycles. The van der Waals surface area contributed by atoms with Crippen LogP contribution in [-0.4, -0.2) is 14.9 Å². The molecule has 4 heteroatoms. The van der Waals surface area contributed by atoms with Crippen LogP contribution >= 0.6 is 0 Å². The lowest BCUT2D eigenvalue weighted by Gasteiger charge is -2.13. The highest BCUT2D eigenvalue weighted by Crippen LogP contribution is 2.26. The van der Waals surface area contributed by atoms with E-state index in [0.717, 1.165) is 16.8 Å². The summed E-state index contributed by atoms with van der Waals surface area (Å²) in [6.07, 6.45) is 1.41. The SMILES string of the molecule is Cc1ccc(OCc2ccn(C(C)C)n2)c([C@H](C)O)c1. The van der Waals surface area contributed by atoms with Gasteiger partial charge in [0, 0.05) is 17.8 Å². The number of hydrogen-bond donors (Lipinski definition) is 1. The molecule has 0 radical (unpaired) electrons. The molecule has 0 amide bonds. The molecule has 0 aliphatic rings. The van der Waals surface area contributed by atoms with Crippen molar-refractivity contribution < 1.29 is 9.84 Å². The molecule has 108 valence electrons. The zero-order chi connectivity index (χ0) is 14.7. The summed E-state index contributed by atoms with van der Waals surface area (Å²) in [7, 11) is 0. The van der Waals surface area contributed by atoms with E-state index in [9.17, 15) is 5.11 Å². The summed E-state index contributed by atoms with van der Waals surface area (Å²) >= 11 is 0. The van der Waals surface area contributed by atoms with Crippen LogP contribution in [0.5, 0.6) is 5.75 Å². The number of aryl methyl sites for hydroxylation is 1. The number of ether oxygens (including phenoxy) is 1. The second-order valence-electron chi connectivity index (χ2n) is 5.39. The molecule has 20 heavy (non-hydrogen) atoms. The average molecular weight is 274 g/mol. The second-order valence-corrected chi connectivity index (χ2v) is 5.39. The minimum Gasteiger partial charge on any atom is -0.487 e. The molecule has 1 N–H and O–H groups in total. The van der Waals surface area contributed by atoms with E-state index < -0.39 is 6.10 Å². The van der Waals surface area contributed by atoms with Crippen molar-refractivity contribution >= 4 is 0 Å². The van der Waals surface area contributed by atoms with Gasteiger partial charge in [0.05, 0.1) is 11.8 Å². The van der Waals surface area contributed by atoms with Gasteiger partial charge in [-0.25, -0.2) is 0 Å². The van der Waals surface area contributed by atoms with E-state index in [1.807, 2.05) is 42.1 Å². The second kappa shape index (κ2) is 6.09. The summed E-state index contributed by atoms with van der Waals surface area (Å²) in [6.45, 7) is 8.32. The number of rotatable bonds is 5. The van der Waals surface area contributed by atoms with Crippen LogP contribution < -0.4 is 4.74 Å². The minimum atomic E-state index is -0.543. The maximum atomic E-state index is 9.80. The van der Waals surface area contributed by atoms with Crippen molar-refractivity contribution in [3.05, 3.63) is 47.3 Å². The first-order valence-electron chi connectivity index (χ1n) is 6.93. The predicted octanol–water partition coefficient (Wildman–Crippen LogP) is 3.40. The first kappa shape index (κ1) is 14.6. The Kier molecular flexibility index (Phi) is 4.45. The lowest BCUT2D eigenvalue weighted by molar-refractivity contribution is 0.189. The molecule has 0 unspecified atom stereocenters. The Balaban J connectivity index is 2.10. The Labute approximate surface area is 120 Å². The maximum Gasteiger partial charge on any atom is 0.132 e. The Morgan fingerprint density at radius 3 is 2.60 bits per heavy atom. The fourth-order valence-corrected chi connectivity index (χ4v) is 2.02. The molecule has 1 aromatic carbocycles. The molecule has 0 saturated carbocycles. The number of hydrogen-bond acceptors (Lipinski definition) is 3. The number of benzene rings is 1. The van der Waals surface area contributed by atoms with Crippen molar-refractivity contribution in [2.45, 2.75) is 46.4 Å². The lowest BCUT2D eigenvalue weighted by atomic mass is 10.1. The van der Waals surface area contributed by atoms with Crippen molar-refractivity contribution in [1.82, 2.24) is 9.78 Å². The highest BCUT2D eigenvalue weighted by molar-refractivity contribution is 5.38. The molecule has 0 saturated heterocycles. The van der Waals surface area contributed by atoms with Gasteiger partial charge in [-0.05, 0) is 45.9 Å². The maximum absolute atomic E-state index is 9.80. The third-order valence-electron chi connectivity index (χ3n) is 3.18. The van der Waals surface area contributed by atoms with Gasteiger partial charge in [0.15, 0.2) is 0 Å². The molecule has 1 atom stereocenters. The van der Waals surface area contributed by atoms with E-state index in [1.54, 1.807) is 6.92 Å². The van der Waals surface area contributed by atoms with Crippen LogP contribution in [0.3, 0.4) is 0 Å². The largest absolute Gasteiger partial charge is 0.487 e. The zero-order valence-corrected chi connectivity index (χ0v) is 12.5. The summed E-state index contributed by atoms with van der Waals surface area (Å²) in [5, 5.41) is 14.2. The van der Waals surface area contributed by atoms with E-state index >= 15 is 0 Å². The fraction of sp³-hybridized carbons (Fsp3) is 0.438. The van der Waals surface area contributed by atoms with E-state index in [2.05, 4.69) is 18.9 Å². The molecule has 0 spiro atoms. The molecule has 2 aromatic rings. The number of aliphatic hydroxyl groups is 1. The van der Waals surface area contributed by atoms with Gasteiger partial charge in [-0.1, -0.05) is 11.6 Å². The highest BCUT2D eigenvalue weighted by atomic mass is 16.5. The van der Waals surface area contributed by atoms with Gasteiger partial charge in [-0.15, -0.1) is 0 Å². The summed E-state index contributed by atoms with van der Waals surface area (Å²) in [5.74, 6) is 0.713. The summed E-state index contributed by atoms with van der Waals surface area (Å²) in [5.41, 5.74) is 2.81. The van der Waals surface area contributed by atoms with Crippen LogP contribution in [0.2, 0.25) is 0 Å². The van der Waals surface area contributed by atoms with Gasteiger partial charge in [-0.2, -0.15) is 5.10 Å². The van der Waals surface area contributed by atoms with Crippen molar-refractivity contribution in [3.8, 4) is 5.75 Å². The average Bonchev–Trinajstić information content (AvgIpc) is 2.86. The Morgan fingerprint density at radius 2 is 2.00 bits per heavy atom. The van der Waals surface area contributed by atoms with Crippen molar-refractivity contribution in [2.24, 2.45) is 0 Å². The topological polar surface area (TPSA) is 47.3 Å². The van der Waals surface area contributed by atoms with E-state index in [-0.39, 0.29) is 0 Å². The monoisotopic (exact) mass is 274 g/mol. The highest BCUT2D eigenvalue weighted by Gasteiger charge is 2.10. The van der Waals surface area contributed by atoms with Crippen LogP contribution in [0, 0.1) is 6.92 Å². The van der Waals surface area contributed by atoms with Gasteiger partial charge in [0.1, 0.15) is 12.4 Å². The standard InChI is InChI=1S/C16H22N2O2/c1-11(2)18-8-7-14(17-18)10-20-16-6-5-12(3)9-15(16)13(4)19/h5-9,11,13,19H,10H2,1-4H3/t13-/m0/s1. The van der Waals surface area contributed by atoms with Crippen LogP contribution in [-0.2, 0) is 6.61 Å². The minimum absolute atomic E-state index is 0.344. The molecular weight excluding hydrogens is 252 g/mol.